The molecule has 1 unspecified atom stereocenters. The fourth-order valence-corrected chi connectivity index (χ4v) is 5.60. The van der Waals surface area contributed by atoms with Crippen molar-refractivity contribution in [3.63, 3.8) is 0 Å². The zero-order chi connectivity index (χ0) is 14.5. The van der Waals surface area contributed by atoms with E-state index in [1.54, 1.807) is 0 Å². The summed E-state index contributed by atoms with van der Waals surface area (Å²) in [5, 5.41) is 2.95. The summed E-state index contributed by atoms with van der Waals surface area (Å²) in [4.78, 5) is 2.85. The molecule has 0 radical (unpaired) electrons. The first-order valence-corrected chi connectivity index (χ1v) is 10.6. The third-order valence-corrected chi connectivity index (χ3v) is 7.62. The second-order valence-electron chi connectivity index (χ2n) is 5.16. The summed E-state index contributed by atoms with van der Waals surface area (Å²) in [5.74, 6) is 1.80. The van der Waals surface area contributed by atoms with E-state index in [4.69, 9.17) is 12.6 Å². The van der Waals surface area contributed by atoms with E-state index in [0.717, 1.165) is 6.42 Å². The Kier molecular flexibility index (Phi) is 6.66. The highest BCUT2D eigenvalue weighted by atomic mass is 32.2. The van der Waals surface area contributed by atoms with E-state index in [0.29, 0.717) is 11.2 Å². The Hall–Kier alpha value is 0.230. The van der Waals surface area contributed by atoms with Crippen molar-refractivity contribution in [1.29, 1.82) is 0 Å². The van der Waals surface area contributed by atoms with Gasteiger partial charge in [0.05, 0.1) is 5.25 Å². The molecule has 110 valence electrons. The van der Waals surface area contributed by atoms with Crippen molar-refractivity contribution in [2.45, 2.75) is 36.7 Å². The second kappa shape index (κ2) is 8.02. The molecule has 0 amide bonds. The van der Waals surface area contributed by atoms with Gasteiger partial charge in [-0.3, -0.25) is 0 Å². The molecule has 0 bridgehead atoms. The quantitative estimate of drug-likeness (QED) is 0.637. The molecule has 4 heteroatoms. The van der Waals surface area contributed by atoms with E-state index in [2.05, 4.69) is 49.8 Å². The average Bonchev–Trinajstić information content (AvgIpc) is 2.78. The van der Waals surface area contributed by atoms with Gasteiger partial charge in [-0.05, 0) is 41.7 Å². The summed E-state index contributed by atoms with van der Waals surface area (Å²) >= 11 is 10.7. The lowest BCUT2D eigenvalue weighted by atomic mass is 10.1. The van der Waals surface area contributed by atoms with E-state index in [1.165, 1.54) is 21.1 Å². The molecule has 0 nitrogen and oxygen atoms in total. The molecular weight excluding hydrogens is 320 g/mol. The van der Waals surface area contributed by atoms with Crippen molar-refractivity contribution in [3.05, 3.63) is 45.0 Å². The van der Waals surface area contributed by atoms with Crippen LogP contribution in [0, 0.1) is 0 Å². The van der Waals surface area contributed by atoms with Crippen molar-refractivity contribution in [3.8, 4) is 0 Å². The summed E-state index contributed by atoms with van der Waals surface area (Å²) in [5.41, 5.74) is 1.43. The summed E-state index contributed by atoms with van der Waals surface area (Å²) in [7, 11) is 0. The lowest BCUT2D eigenvalue weighted by Gasteiger charge is -2.22. The zero-order valence-corrected chi connectivity index (χ0v) is 15.5. The molecule has 0 spiro atoms. The Morgan fingerprint density at radius 3 is 2.65 bits per heavy atom. The number of hydrogen-bond acceptors (Lipinski definition) is 4. The van der Waals surface area contributed by atoms with Crippen molar-refractivity contribution in [2.75, 3.05) is 12.0 Å². The van der Waals surface area contributed by atoms with Gasteiger partial charge < -0.3 is 0 Å². The lowest BCUT2D eigenvalue weighted by molar-refractivity contribution is 0.890. The van der Waals surface area contributed by atoms with E-state index < -0.39 is 0 Å². The van der Waals surface area contributed by atoms with Crippen LogP contribution in [-0.4, -0.2) is 17.3 Å². The minimum atomic E-state index is 0.279. The van der Waals surface area contributed by atoms with Crippen LogP contribution in [0.15, 0.2) is 35.3 Å². The normalized spacial score (nSPS) is 18.8. The first-order chi connectivity index (χ1) is 9.63. The molecule has 0 aromatic carbocycles. The van der Waals surface area contributed by atoms with Gasteiger partial charge in [0.1, 0.15) is 0 Å². The highest BCUT2D eigenvalue weighted by Gasteiger charge is 2.23. The fraction of sp³-hybridized carbons (Fsp3) is 0.500. The maximum atomic E-state index is 4.93. The van der Waals surface area contributed by atoms with E-state index in [1.807, 2.05) is 34.9 Å². The molecule has 1 aromatic heterocycles. The monoisotopic (exact) mass is 342 g/mol. The van der Waals surface area contributed by atoms with Gasteiger partial charge in [0.2, 0.25) is 0 Å². The SMILES string of the molecule is CSC(C1=CCCSC=C1)[C@@H](S)c1ccc(C(C)C)s1. The van der Waals surface area contributed by atoms with Crippen molar-refractivity contribution >= 4 is 47.5 Å². The highest BCUT2D eigenvalue weighted by molar-refractivity contribution is 8.02. The number of hydrogen-bond donors (Lipinski definition) is 1. The third kappa shape index (κ3) is 4.12. The van der Waals surface area contributed by atoms with Crippen LogP contribution in [0.2, 0.25) is 0 Å². The smallest absolute Gasteiger partial charge is 0.0520 e. The van der Waals surface area contributed by atoms with Crippen molar-refractivity contribution in [2.24, 2.45) is 0 Å². The topological polar surface area (TPSA) is 0 Å². The molecule has 0 fully saturated rings. The zero-order valence-electron chi connectivity index (χ0n) is 12.2. The number of thioether (sulfide) groups is 2. The van der Waals surface area contributed by atoms with Crippen molar-refractivity contribution in [1.82, 2.24) is 0 Å². The molecule has 1 aliphatic rings. The van der Waals surface area contributed by atoms with E-state index in [-0.39, 0.29) is 5.25 Å². The minimum Gasteiger partial charge on any atom is -0.169 e. The number of thiol groups is 1. The second-order valence-corrected chi connectivity index (χ2v) is 8.86. The van der Waals surface area contributed by atoms with Crippen LogP contribution in [-0.2, 0) is 0 Å². The number of allylic oxidation sites excluding steroid dienone is 2. The number of rotatable bonds is 5. The molecule has 0 saturated heterocycles. The Balaban J connectivity index is 2.19. The largest absolute Gasteiger partial charge is 0.169 e. The van der Waals surface area contributed by atoms with Gasteiger partial charge in [0, 0.05) is 20.8 Å². The number of thiophene rings is 1. The lowest BCUT2D eigenvalue weighted by Crippen LogP contribution is -2.11. The Morgan fingerprint density at radius 1 is 1.25 bits per heavy atom. The molecule has 0 N–H and O–H groups in total. The molecule has 0 saturated carbocycles. The summed E-state index contributed by atoms with van der Waals surface area (Å²) < 4.78 is 0. The van der Waals surface area contributed by atoms with Crippen LogP contribution in [0.3, 0.4) is 0 Å². The predicted octanol–water partition coefficient (Wildman–Crippen LogP) is 6.15. The molecule has 20 heavy (non-hydrogen) atoms. The van der Waals surface area contributed by atoms with Gasteiger partial charge in [-0.1, -0.05) is 26.0 Å². The molecule has 2 atom stereocenters. The van der Waals surface area contributed by atoms with Crippen LogP contribution >= 0.6 is 47.5 Å². The highest BCUT2D eigenvalue weighted by Crippen LogP contribution is 2.40. The third-order valence-electron chi connectivity index (χ3n) is 3.35. The van der Waals surface area contributed by atoms with Crippen molar-refractivity contribution < 1.29 is 0 Å². The van der Waals surface area contributed by atoms with Gasteiger partial charge in [-0.2, -0.15) is 24.4 Å². The maximum absolute atomic E-state index is 4.93. The average molecular weight is 343 g/mol. The van der Waals surface area contributed by atoms with Crippen LogP contribution in [0.25, 0.3) is 0 Å². The van der Waals surface area contributed by atoms with Gasteiger partial charge >= 0.3 is 0 Å². The predicted molar refractivity (Wildman–Crippen MR) is 102 cm³/mol. The van der Waals surface area contributed by atoms with Crippen LogP contribution < -0.4 is 0 Å². The Morgan fingerprint density at radius 2 is 2.00 bits per heavy atom. The van der Waals surface area contributed by atoms with E-state index in [9.17, 15) is 0 Å². The van der Waals surface area contributed by atoms with E-state index >= 15 is 0 Å². The van der Waals surface area contributed by atoms with Gasteiger partial charge in [0.15, 0.2) is 0 Å². The minimum absolute atomic E-state index is 0.279. The summed E-state index contributed by atoms with van der Waals surface area (Å²) in [6.07, 6.45) is 8.01. The Labute approximate surface area is 140 Å². The van der Waals surface area contributed by atoms with Crippen LogP contribution in [0.1, 0.15) is 41.2 Å². The summed E-state index contributed by atoms with van der Waals surface area (Å²) in [6, 6.07) is 4.52. The molecule has 2 heterocycles. The molecule has 1 aromatic rings. The van der Waals surface area contributed by atoms with Gasteiger partial charge in [-0.25, -0.2) is 0 Å². The molecule has 2 rings (SSSR count). The van der Waals surface area contributed by atoms with Gasteiger partial charge in [-0.15, -0.1) is 23.1 Å². The molecule has 0 aliphatic carbocycles. The Bertz CT molecular complexity index is 484. The fourth-order valence-electron chi connectivity index (χ4n) is 2.20. The molecule has 1 aliphatic heterocycles. The molecular formula is C16H22S4. The first kappa shape index (κ1) is 16.6. The maximum Gasteiger partial charge on any atom is 0.0520 e. The summed E-state index contributed by atoms with van der Waals surface area (Å²) in [6.45, 7) is 4.51. The van der Waals surface area contributed by atoms with Crippen LogP contribution in [0.4, 0.5) is 0 Å². The standard InChI is InChI=1S/C16H22S4/c1-11(2)13-6-7-14(20-13)15(17)16(18-3)12-5-4-9-19-10-8-12/h5-8,10-11,15-17H,4,9H2,1-3H3/t15-,16?/m0/s1. The first-order valence-electron chi connectivity index (χ1n) is 6.92. The van der Waals surface area contributed by atoms with Gasteiger partial charge in [0.25, 0.3) is 0 Å². The van der Waals surface area contributed by atoms with Crippen LogP contribution in [0.5, 0.6) is 0 Å².